The lowest BCUT2D eigenvalue weighted by Crippen LogP contribution is -2.38. The minimum absolute atomic E-state index is 0.291. The summed E-state index contributed by atoms with van der Waals surface area (Å²) in [4.78, 5) is 21.7. The number of carbonyl (C=O) groups is 2. The van der Waals surface area contributed by atoms with Crippen molar-refractivity contribution in [1.82, 2.24) is 5.32 Å². The summed E-state index contributed by atoms with van der Waals surface area (Å²) in [6.45, 7) is -0.396. The van der Waals surface area contributed by atoms with E-state index in [2.05, 4.69) is 5.32 Å². The molecule has 0 bridgehead atoms. The molecule has 0 aliphatic heterocycles. The number of amides is 1. The fourth-order valence-electron chi connectivity index (χ4n) is 1.10. The molecule has 1 aromatic carbocycles. The summed E-state index contributed by atoms with van der Waals surface area (Å²) >= 11 is 0. The Bertz CT molecular complexity index is 310. The van der Waals surface area contributed by atoms with Gasteiger partial charge in [-0.05, 0) is 0 Å². The summed E-state index contributed by atoms with van der Waals surface area (Å²) in [6.07, 6.45) is 0.404. The van der Waals surface area contributed by atoms with Gasteiger partial charge in [-0.25, -0.2) is 0 Å². The van der Waals surface area contributed by atoms with Crippen molar-refractivity contribution in [2.45, 2.75) is 6.04 Å². The molecular formula is C10H11NO3. The van der Waals surface area contributed by atoms with Crippen LogP contribution in [0, 0.1) is 0 Å². The third-order valence-corrected chi connectivity index (χ3v) is 1.83. The molecule has 1 atom stereocenters. The van der Waals surface area contributed by atoms with Crippen LogP contribution in [0.15, 0.2) is 30.3 Å². The Kier molecular flexibility index (Phi) is 3.82. The Hall–Kier alpha value is -1.68. The maximum Gasteiger partial charge on any atom is 0.207 e. The zero-order chi connectivity index (χ0) is 10.4. The van der Waals surface area contributed by atoms with Crippen LogP contribution in [0.25, 0.3) is 0 Å². The monoisotopic (exact) mass is 193 g/mol. The summed E-state index contributed by atoms with van der Waals surface area (Å²) in [5, 5.41) is 11.1. The van der Waals surface area contributed by atoms with E-state index in [-0.39, 0.29) is 5.78 Å². The van der Waals surface area contributed by atoms with E-state index in [4.69, 9.17) is 5.11 Å². The molecule has 4 nitrogen and oxygen atoms in total. The second kappa shape index (κ2) is 5.14. The Morgan fingerprint density at radius 1 is 1.43 bits per heavy atom. The van der Waals surface area contributed by atoms with Gasteiger partial charge < -0.3 is 10.4 Å². The van der Waals surface area contributed by atoms with Gasteiger partial charge in [-0.15, -0.1) is 0 Å². The van der Waals surface area contributed by atoms with Crippen molar-refractivity contribution in [3.63, 3.8) is 0 Å². The first-order valence-electron chi connectivity index (χ1n) is 4.19. The van der Waals surface area contributed by atoms with E-state index in [0.717, 1.165) is 0 Å². The van der Waals surface area contributed by atoms with Gasteiger partial charge >= 0.3 is 0 Å². The van der Waals surface area contributed by atoms with E-state index in [1.54, 1.807) is 30.3 Å². The second-order valence-electron chi connectivity index (χ2n) is 2.75. The molecule has 0 heterocycles. The number of carbonyl (C=O) groups excluding carboxylic acids is 2. The molecule has 0 spiro atoms. The molecule has 2 N–H and O–H groups in total. The van der Waals surface area contributed by atoms with Crippen LogP contribution >= 0.6 is 0 Å². The van der Waals surface area contributed by atoms with E-state index in [1.807, 2.05) is 0 Å². The third kappa shape index (κ3) is 2.40. The first-order chi connectivity index (χ1) is 6.79. The zero-order valence-corrected chi connectivity index (χ0v) is 7.51. The molecule has 1 unspecified atom stereocenters. The van der Waals surface area contributed by atoms with Gasteiger partial charge in [0.1, 0.15) is 6.04 Å². The predicted octanol–water partition coefficient (Wildman–Crippen LogP) is -0.0238. The second-order valence-corrected chi connectivity index (χ2v) is 2.75. The number of hydrogen-bond donors (Lipinski definition) is 2. The maximum absolute atomic E-state index is 11.6. The van der Waals surface area contributed by atoms with E-state index >= 15 is 0 Å². The average molecular weight is 193 g/mol. The molecule has 0 saturated heterocycles. The lowest BCUT2D eigenvalue weighted by atomic mass is 10.1. The van der Waals surface area contributed by atoms with Crippen molar-refractivity contribution in [2.75, 3.05) is 6.61 Å². The number of ketones is 1. The van der Waals surface area contributed by atoms with Gasteiger partial charge in [0.05, 0.1) is 6.61 Å². The standard InChI is InChI=1S/C10H11NO3/c12-6-9(11-7-13)10(14)8-4-2-1-3-5-8/h1-5,7,9,12H,6H2,(H,11,13). The van der Waals surface area contributed by atoms with Gasteiger partial charge in [0.25, 0.3) is 0 Å². The number of benzene rings is 1. The summed E-state index contributed by atoms with van der Waals surface area (Å²) in [7, 11) is 0. The Morgan fingerprint density at radius 3 is 2.57 bits per heavy atom. The zero-order valence-electron chi connectivity index (χ0n) is 7.51. The van der Waals surface area contributed by atoms with Crippen molar-refractivity contribution in [2.24, 2.45) is 0 Å². The van der Waals surface area contributed by atoms with E-state index in [1.165, 1.54) is 0 Å². The molecule has 1 aromatic rings. The number of Topliss-reactive ketones (excluding diaryl/α,β-unsaturated/α-hetero) is 1. The number of aliphatic hydroxyl groups is 1. The van der Waals surface area contributed by atoms with Gasteiger partial charge in [0.2, 0.25) is 6.41 Å². The first kappa shape index (κ1) is 10.4. The van der Waals surface area contributed by atoms with Crippen LogP contribution in [0.2, 0.25) is 0 Å². The van der Waals surface area contributed by atoms with Crippen molar-refractivity contribution < 1.29 is 14.7 Å². The highest BCUT2D eigenvalue weighted by Crippen LogP contribution is 2.02. The minimum atomic E-state index is -0.852. The van der Waals surface area contributed by atoms with Crippen LogP contribution in [-0.4, -0.2) is 29.9 Å². The summed E-state index contributed by atoms with van der Waals surface area (Å²) in [6, 6.07) is 7.66. The SMILES string of the molecule is O=CNC(CO)C(=O)c1ccccc1. The van der Waals surface area contributed by atoms with Gasteiger partial charge in [0.15, 0.2) is 5.78 Å². The summed E-state index contributed by atoms with van der Waals surface area (Å²) in [5.41, 5.74) is 0.473. The van der Waals surface area contributed by atoms with E-state index in [0.29, 0.717) is 12.0 Å². The molecule has 0 radical (unpaired) electrons. The molecule has 0 aliphatic rings. The van der Waals surface area contributed by atoms with Crippen LogP contribution in [0.4, 0.5) is 0 Å². The van der Waals surface area contributed by atoms with Gasteiger partial charge in [0, 0.05) is 5.56 Å². The van der Waals surface area contributed by atoms with Crippen molar-refractivity contribution >= 4 is 12.2 Å². The number of nitrogens with one attached hydrogen (secondary N) is 1. The highest BCUT2D eigenvalue weighted by molar-refractivity contribution is 6.00. The fraction of sp³-hybridized carbons (Fsp3) is 0.200. The fourth-order valence-corrected chi connectivity index (χ4v) is 1.10. The minimum Gasteiger partial charge on any atom is -0.394 e. The van der Waals surface area contributed by atoms with Crippen LogP contribution in [0.5, 0.6) is 0 Å². The molecule has 0 aliphatic carbocycles. The molecule has 74 valence electrons. The van der Waals surface area contributed by atoms with Gasteiger partial charge in [-0.2, -0.15) is 0 Å². The van der Waals surface area contributed by atoms with Crippen LogP contribution in [0.1, 0.15) is 10.4 Å². The predicted molar refractivity (Wildman–Crippen MR) is 50.8 cm³/mol. The quantitative estimate of drug-likeness (QED) is 0.510. The molecule has 4 heteroatoms. The highest BCUT2D eigenvalue weighted by Gasteiger charge is 2.17. The van der Waals surface area contributed by atoms with E-state index < -0.39 is 12.6 Å². The molecular weight excluding hydrogens is 182 g/mol. The molecule has 0 fully saturated rings. The Balaban J connectivity index is 2.78. The molecule has 0 saturated carbocycles. The van der Waals surface area contributed by atoms with Crippen molar-refractivity contribution in [1.29, 1.82) is 0 Å². The molecule has 1 rings (SSSR count). The highest BCUT2D eigenvalue weighted by atomic mass is 16.3. The van der Waals surface area contributed by atoms with E-state index in [9.17, 15) is 9.59 Å². The average Bonchev–Trinajstić information content (AvgIpc) is 2.26. The smallest absolute Gasteiger partial charge is 0.207 e. The number of rotatable bonds is 5. The molecule has 1 amide bonds. The summed E-state index contributed by atoms with van der Waals surface area (Å²) in [5.74, 6) is -0.291. The Labute approximate surface area is 81.6 Å². The lowest BCUT2D eigenvalue weighted by molar-refractivity contribution is -0.110. The van der Waals surface area contributed by atoms with Crippen LogP contribution < -0.4 is 5.32 Å². The Morgan fingerprint density at radius 2 is 2.07 bits per heavy atom. The van der Waals surface area contributed by atoms with Crippen LogP contribution in [0.3, 0.4) is 0 Å². The van der Waals surface area contributed by atoms with Gasteiger partial charge in [-0.1, -0.05) is 30.3 Å². The molecule has 14 heavy (non-hydrogen) atoms. The maximum atomic E-state index is 11.6. The first-order valence-corrected chi connectivity index (χ1v) is 4.19. The topological polar surface area (TPSA) is 66.4 Å². The largest absolute Gasteiger partial charge is 0.394 e. The third-order valence-electron chi connectivity index (χ3n) is 1.83. The number of aliphatic hydroxyl groups excluding tert-OH is 1. The van der Waals surface area contributed by atoms with Crippen LogP contribution in [-0.2, 0) is 4.79 Å². The van der Waals surface area contributed by atoms with Crippen molar-refractivity contribution in [3.8, 4) is 0 Å². The lowest BCUT2D eigenvalue weighted by Gasteiger charge is -2.11. The molecule has 0 aromatic heterocycles. The normalized spacial score (nSPS) is 11.8. The van der Waals surface area contributed by atoms with Crippen molar-refractivity contribution in [3.05, 3.63) is 35.9 Å². The van der Waals surface area contributed by atoms with Gasteiger partial charge in [-0.3, -0.25) is 9.59 Å². The summed E-state index contributed by atoms with van der Waals surface area (Å²) < 4.78 is 0. The number of hydrogen-bond acceptors (Lipinski definition) is 3.